The molecule has 19 heavy (non-hydrogen) atoms. The normalized spacial score (nSPS) is 22.5. The van der Waals surface area contributed by atoms with Crippen LogP contribution in [0.15, 0.2) is 0 Å². The first-order valence-corrected chi connectivity index (χ1v) is 5.87. The number of nitrogens with one attached hydrogen (secondary N) is 1. The van der Waals surface area contributed by atoms with Crippen LogP contribution in [0.4, 0.5) is 4.79 Å². The lowest BCUT2D eigenvalue weighted by Gasteiger charge is -2.31. The van der Waals surface area contributed by atoms with Crippen molar-refractivity contribution in [1.29, 1.82) is 0 Å². The third kappa shape index (κ3) is 7.69. The van der Waals surface area contributed by atoms with Crippen LogP contribution in [-0.4, -0.2) is 36.7 Å². The summed E-state index contributed by atoms with van der Waals surface area (Å²) in [5.41, 5.74) is -0.536. The standard InChI is InChI=1S/C12H21NO4.2H2S/c1-8(14)9-5-6-16-7-10(9)13-11(15)17-12(2,3)4;;/h9-10H,5-7H2,1-4H3,(H,13,15);2*1H2/t9-,10-;;/m1../s1. The molecule has 1 heterocycles. The van der Waals surface area contributed by atoms with E-state index in [9.17, 15) is 9.59 Å². The minimum Gasteiger partial charge on any atom is -0.444 e. The van der Waals surface area contributed by atoms with Gasteiger partial charge in [0.2, 0.25) is 0 Å². The Morgan fingerprint density at radius 1 is 1.26 bits per heavy atom. The second-order valence-electron chi connectivity index (χ2n) is 5.33. The van der Waals surface area contributed by atoms with Crippen molar-refractivity contribution in [2.75, 3.05) is 13.2 Å². The molecule has 1 rings (SSSR count). The maximum absolute atomic E-state index is 11.6. The van der Waals surface area contributed by atoms with Crippen molar-refractivity contribution in [2.45, 2.75) is 45.8 Å². The lowest BCUT2D eigenvalue weighted by molar-refractivity contribution is -0.124. The first-order valence-electron chi connectivity index (χ1n) is 5.87. The van der Waals surface area contributed by atoms with Crippen LogP contribution in [0.5, 0.6) is 0 Å². The maximum atomic E-state index is 11.6. The van der Waals surface area contributed by atoms with Crippen molar-refractivity contribution in [3.05, 3.63) is 0 Å². The molecule has 0 spiro atoms. The van der Waals surface area contributed by atoms with Gasteiger partial charge in [0, 0.05) is 12.5 Å². The molecule has 114 valence electrons. The van der Waals surface area contributed by atoms with E-state index in [4.69, 9.17) is 9.47 Å². The predicted octanol–water partition coefficient (Wildman–Crippen LogP) is 1.73. The fourth-order valence-electron chi connectivity index (χ4n) is 1.83. The Kier molecular flexibility index (Phi) is 9.58. The van der Waals surface area contributed by atoms with E-state index in [1.54, 1.807) is 27.7 Å². The Morgan fingerprint density at radius 2 is 1.84 bits per heavy atom. The van der Waals surface area contributed by atoms with Crippen molar-refractivity contribution in [1.82, 2.24) is 5.32 Å². The van der Waals surface area contributed by atoms with Crippen LogP contribution in [0.1, 0.15) is 34.1 Å². The van der Waals surface area contributed by atoms with Gasteiger partial charge < -0.3 is 14.8 Å². The lowest BCUT2D eigenvalue weighted by Crippen LogP contribution is -2.50. The molecule has 1 N–H and O–H groups in total. The monoisotopic (exact) mass is 311 g/mol. The Labute approximate surface area is 128 Å². The summed E-state index contributed by atoms with van der Waals surface area (Å²) >= 11 is 0. The molecule has 0 aromatic rings. The van der Waals surface area contributed by atoms with Gasteiger partial charge in [-0.05, 0) is 34.1 Å². The molecule has 7 heteroatoms. The van der Waals surface area contributed by atoms with Gasteiger partial charge in [0.05, 0.1) is 12.6 Å². The predicted molar refractivity (Wildman–Crippen MR) is 83.5 cm³/mol. The molecule has 1 aliphatic rings. The van der Waals surface area contributed by atoms with Crippen molar-refractivity contribution in [3.8, 4) is 0 Å². The number of Topliss-reactive ketones (excluding diaryl/α,β-unsaturated/α-hetero) is 1. The number of ether oxygens (including phenoxy) is 2. The Bertz CT molecular complexity index is 305. The highest BCUT2D eigenvalue weighted by molar-refractivity contribution is 7.59. The van der Waals surface area contributed by atoms with Gasteiger partial charge in [0.15, 0.2) is 0 Å². The highest BCUT2D eigenvalue weighted by atomic mass is 32.1. The lowest BCUT2D eigenvalue weighted by atomic mass is 9.91. The molecular formula is C12H25NO4S2. The van der Waals surface area contributed by atoms with E-state index in [1.165, 1.54) is 0 Å². The minimum atomic E-state index is -0.536. The van der Waals surface area contributed by atoms with Crippen LogP contribution in [0.2, 0.25) is 0 Å². The summed E-state index contributed by atoms with van der Waals surface area (Å²) in [6.45, 7) is 7.87. The van der Waals surface area contributed by atoms with Crippen LogP contribution in [0.25, 0.3) is 0 Å². The van der Waals surface area contributed by atoms with Gasteiger partial charge in [-0.3, -0.25) is 4.79 Å². The summed E-state index contributed by atoms with van der Waals surface area (Å²) in [7, 11) is 0. The van der Waals surface area contributed by atoms with Crippen LogP contribution >= 0.6 is 27.0 Å². The maximum Gasteiger partial charge on any atom is 0.407 e. The number of hydrogen-bond donors (Lipinski definition) is 1. The number of alkyl carbamates (subject to hydrolysis) is 1. The topological polar surface area (TPSA) is 64.6 Å². The smallest absolute Gasteiger partial charge is 0.407 e. The fraction of sp³-hybridized carbons (Fsp3) is 0.833. The summed E-state index contributed by atoms with van der Waals surface area (Å²) in [4.78, 5) is 23.0. The van der Waals surface area contributed by atoms with Crippen molar-refractivity contribution in [2.24, 2.45) is 5.92 Å². The molecule has 1 fully saturated rings. The Morgan fingerprint density at radius 3 is 2.32 bits per heavy atom. The molecule has 0 aliphatic carbocycles. The second kappa shape index (κ2) is 8.71. The van der Waals surface area contributed by atoms with Crippen LogP contribution < -0.4 is 5.32 Å². The first-order chi connectivity index (χ1) is 7.79. The van der Waals surface area contributed by atoms with Crippen molar-refractivity contribution < 1.29 is 19.1 Å². The molecule has 5 nitrogen and oxygen atoms in total. The second-order valence-corrected chi connectivity index (χ2v) is 5.33. The van der Waals surface area contributed by atoms with Crippen LogP contribution in [0, 0.1) is 5.92 Å². The summed E-state index contributed by atoms with van der Waals surface area (Å²) in [5.74, 6) is -0.0920. The van der Waals surface area contributed by atoms with Gasteiger partial charge in [0.25, 0.3) is 0 Å². The number of amides is 1. The zero-order valence-electron chi connectivity index (χ0n) is 11.9. The molecule has 0 aromatic heterocycles. The Hall–Kier alpha value is -0.400. The van der Waals surface area contributed by atoms with Gasteiger partial charge in [-0.2, -0.15) is 27.0 Å². The van der Waals surface area contributed by atoms with Gasteiger partial charge in [-0.25, -0.2) is 4.79 Å². The molecule has 0 aromatic carbocycles. The van der Waals surface area contributed by atoms with E-state index < -0.39 is 11.7 Å². The van der Waals surface area contributed by atoms with E-state index in [-0.39, 0.29) is 44.7 Å². The molecular weight excluding hydrogens is 286 g/mol. The van der Waals surface area contributed by atoms with E-state index in [0.717, 1.165) is 0 Å². The molecule has 0 radical (unpaired) electrons. The van der Waals surface area contributed by atoms with E-state index in [2.05, 4.69) is 5.32 Å². The fourth-order valence-corrected chi connectivity index (χ4v) is 1.83. The molecule has 2 atom stereocenters. The minimum absolute atomic E-state index is 0. The first kappa shape index (κ1) is 20.9. The molecule has 0 bridgehead atoms. The van der Waals surface area contributed by atoms with Gasteiger partial charge >= 0.3 is 6.09 Å². The van der Waals surface area contributed by atoms with Gasteiger partial charge in [0.1, 0.15) is 11.4 Å². The number of rotatable bonds is 2. The van der Waals surface area contributed by atoms with E-state index in [1.807, 2.05) is 0 Å². The Balaban J connectivity index is 0. The third-order valence-corrected chi connectivity index (χ3v) is 2.58. The van der Waals surface area contributed by atoms with Gasteiger partial charge in [-0.1, -0.05) is 0 Å². The molecule has 0 unspecified atom stereocenters. The van der Waals surface area contributed by atoms with Crippen molar-refractivity contribution in [3.63, 3.8) is 0 Å². The highest BCUT2D eigenvalue weighted by Gasteiger charge is 2.31. The summed E-state index contributed by atoms with van der Waals surface area (Å²) in [6.07, 6.45) is 0.148. The summed E-state index contributed by atoms with van der Waals surface area (Å²) in [6, 6.07) is -0.281. The number of carbonyl (C=O) groups is 2. The van der Waals surface area contributed by atoms with Gasteiger partial charge in [-0.15, -0.1) is 0 Å². The van der Waals surface area contributed by atoms with E-state index >= 15 is 0 Å². The largest absolute Gasteiger partial charge is 0.444 e. The quantitative estimate of drug-likeness (QED) is 0.843. The SMILES string of the molecule is CC(=O)[C@H]1CCOC[C@H]1NC(=O)OC(C)(C)C.S.S. The zero-order valence-corrected chi connectivity index (χ0v) is 13.9. The highest BCUT2D eigenvalue weighted by Crippen LogP contribution is 2.17. The van der Waals surface area contributed by atoms with E-state index in [0.29, 0.717) is 19.6 Å². The molecule has 1 amide bonds. The average Bonchev–Trinajstić information content (AvgIpc) is 2.14. The molecule has 1 saturated heterocycles. The average molecular weight is 311 g/mol. The number of hydrogen-bond acceptors (Lipinski definition) is 4. The third-order valence-electron chi connectivity index (χ3n) is 2.58. The summed E-state index contributed by atoms with van der Waals surface area (Å²) < 4.78 is 10.4. The number of ketones is 1. The molecule has 1 aliphatic heterocycles. The van der Waals surface area contributed by atoms with Crippen LogP contribution in [-0.2, 0) is 14.3 Å². The molecule has 0 saturated carbocycles. The number of carbonyl (C=O) groups excluding carboxylic acids is 2. The summed E-state index contributed by atoms with van der Waals surface area (Å²) in [5, 5.41) is 2.70. The zero-order chi connectivity index (χ0) is 13.1. The van der Waals surface area contributed by atoms with Crippen LogP contribution in [0.3, 0.4) is 0 Å². The van der Waals surface area contributed by atoms with Crippen molar-refractivity contribution >= 4 is 38.9 Å².